The van der Waals surface area contributed by atoms with Gasteiger partial charge < -0.3 is 19.9 Å². The van der Waals surface area contributed by atoms with E-state index in [-0.39, 0.29) is 5.82 Å². The summed E-state index contributed by atoms with van der Waals surface area (Å²) in [7, 11) is 0. The molecule has 0 unspecified atom stereocenters. The molecule has 4 atom stereocenters. The number of imidazole rings is 1. The van der Waals surface area contributed by atoms with E-state index in [1.54, 1.807) is 24.5 Å². The van der Waals surface area contributed by atoms with E-state index in [4.69, 9.17) is 19.9 Å². The summed E-state index contributed by atoms with van der Waals surface area (Å²) in [4.78, 5) is 13.7. The van der Waals surface area contributed by atoms with Crippen molar-refractivity contribution in [2.75, 3.05) is 0 Å². The summed E-state index contributed by atoms with van der Waals surface area (Å²) >= 11 is 0. The molecule has 3 fully saturated rings. The number of hydrogen-bond acceptors (Lipinski definition) is 7. The highest BCUT2D eigenvalue weighted by molar-refractivity contribution is 5.74. The Hall–Kier alpha value is -2.90. The van der Waals surface area contributed by atoms with Crippen molar-refractivity contribution >= 4 is 11.2 Å². The maximum Gasteiger partial charge on any atom is 0.167 e. The van der Waals surface area contributed by atoms with Gasteiger partial charge in [-0.05, 0) is 38.8 Å². The van der Waals surface area contributed by atoms with Gasteiger partial charge in [-0.25, -0.2) is 19.3 Å². The zero-order valence-electron chi connectivity index (χ0n) is 19.8. The number of hydrogen-bond donors (Lipinski definition) is 1. The van der Waals surface area contributed by atoms with Crippen molar-refractivity contribution < 1.29 is 18.6 Å². The Balaban J connectivity index is 1.37. The summed E-state index contributed by atoms with van der Waals surface area (Å²) in [5.74, 6) is 4.77. The lowest BCUT2D eigenvalue weighted by atomic mass is 9.80. The predicted molar refractivity (Wildman–Crippen MR) is 125 cm³/mol. The van der Waals surface area contributed by atoms with Gasteiger partial charge in [0.2, 0.25) is 0 Å². The molecule has 6 rings (SSSR count). The summed E-state index contributed by atoms with van der Waals surface area (Å²) in [5, 5.41) is 0. The zero-order chi connectivity index (χ0) is 24.2. The minimum absolute atomic E-state index is 0.306. The Morgan fingerprint density at radius 2 is 1.83 bits per heavy atom. The van der Waals surface area contributed by atoms with Gasteiger partial charge >= 0.3 is 0 Å². The molecule has 1 saturated carbocycles. The molecule has 2 saturated heterocycles. The van der Waals surface area contributed by atoms with E-state index in [1.807, 2.05) is 18.4 Å². The predicted octanol–water partition coefficient (Wildman–Crippen LogP) is 3.55. The number of ether oxygens (including phenoxy) is 3. The molecule has 0 radical (unpaired) electrons. The first-order chi connectivity index (χ1) is 16.8. The molecule has 8 nitrogen and oxygen atoms in total. The number of fused-ring (bicyclic) bond motifs is 2. The van der Waals surface area contributed by atoms with Gasteiger partial charge in [0.1, 0.15) is 36.0 Å². The second-order valence-corrected chi connectivity index (χ2v) is 10.0. The SMILES string of the molecule is CC1(C)O[C@@H]2[C@H](O1)[C@@H](C#Cc1ccccc1F)O[C@H]2n1cnc2c(C3(N)CCCCC3)ncnc21. The van der Waals surface area contributed by atoms with Gasteiger partial charge in [0.25, 0.3) is 0 Å². The van der Waals surface area contributed by atoms with Crippen LogP contribution < -0.4 is 5.73 Å². The third-order valence-electron chi connectivity index (χ3n) is 7.10. The van der Waals surface area contributed by atoms with Crippen LogP contribution in [0.3, 0.4) is 0 Å². The summed E-state index contributed by atoms with van der Waals surface area (Å²) < 4.78 is 34.7. The molecule has 35 heavy (non-hydrogen) atoms. The number of aromatic nitrogens is 4. The normalized spacial score (nSPS) is 29.0. The first-order valence-corrected chi connectivity index (χ1v) is 12.1. The average molecular weight is 478 g/mol. The number of rotatable bonds is 2. The standard InChI is InChI=1S/C26H28FN5O3/c1-25(2)34-20-18(11-10-16-8-4-5-9-17(16)27)33-24(21(20)35-25)32-15-31-19-22(29-14-30-23(19)32)26(28)12-6-3-7-13-26/h4-5,8-9,14-15,18,20-21,24H,3,6-7,12-13,28H2,1-2H3/t18-,20-,21-,24-/m1/s1. The maximum atomic E-state index is 14.1. The Labute approximate surface area is 203 Å². The Kier molecular flexibility index (Phi) is 5.38. The van der Waals surface area contributed by atoms with Gasteiger partial charge in [-0.1, -0.05) is 43.2 Å². The molecule has 0 spiro atoms. The second-order valence-electron chi connectivity index (χ2n) is 10.0. The lowest BCUT2D eigenvalue weighted by Gasteiger charge is -2.32. The molecular weight excluding hydrogens is 449 g/mol. The van der Waals surface area contributed by atoms with Crippen molar-refractivity contribution in [2.24, 2.45) is 5.73 Å². The quantitative estimate of drug-likeness (QED) is 0.564. The number of benzene rings is 1. The highest BCUT2D eigenvalue weighted by atomic mass is 19.1. The van der Waals surface area contributed by atoms with Crippen molar-refractivity contribution in [3.63, 3.8) is 0 Å². The molecule has 1 aromatic carbocycles. The van der Waals surface area contributed by atoms with Crippen LogP contribution in [0.4, 0.5) is 4.39 Å². The number of nitrogens with two attached hydrogens (primary N) is 1. The monoisotopic (exact) mass is 477 g/mol. The van der Waals surface area contributed by atoms with Crippen LogP contribution in [0.1, 0.15) is 63.4 Å². The van der Waals surface area contributed by atoms with Crippen LogP contribution in [0.25, 0.3) is 11.2 Å². The Bertz CT molecular complexity index is 1320. The first kappa shape index (κ1) is 22.6. The lowest BCUT2D eigenvalue weighted by Crippen LogP contribution is -2.39. The van der Waals surface area contributed by atoms with E-state index < -0.39 is 35.9 Å². The largest absolute Gasteiger partial charge is 0.341 e. The highest BCUT2D eigenvalue weighted by Gasteiger charge is 2.56. The Morgan fingerprint density at radius 3 is 2.63 bits per heavy atom. The molecule has 2 aromatic heterocycles. The molecule has 9 heteroatoms. The average Bonchev–Trinajstić information content (AvgIpc) is 3.49. The van der Waals surface area contributed by atoms with Gasteiger partial charge in [-0.15, -0.1) is 0 Å². The van der Waals surface area contributed by atoms with Crippen LogP contribution in [0.15, 0.2) is 36.9 Å². The second kappa shape index (κ2) is 8.35. The topological polar surface area (TPSA) is 97.3 Å². The first-order valence-electron chi connectivity index (χ1n) is 12.1. The fourth-order valence-corrected chi connectivity index (χ4v) is 5.45. The third kappa shape index (κ3) is 3.91. The zero-order valence-corrected chi connectivity index (χ0v) is 19.8. The fourth-order valence-electron chi connectivity index (χ4n) is 5.45. The van der Waals surface area contributed by atoms with Crippen molar-refractivity contribution in [3.8, 4) is 11.8 Å². The van der Waals surface area contributed by atoms with Crippen LogP contribution in [0.2, 0.25) is 0 Å². The minimum Gasteiger partial charge on any atom is -0.341 e. The molecule has 0 amide bonds. The highest BCUT2D eigenvalue weighted by Crippen LogP contribution is 2.44. The van der Waals surface area contributed by atoms with Gasteiger partial charge in [-0.2, -0.15) is 0 Å². The van der Waals surface area contributed by atoms with E-state index in [2.05, 4.69) is 26.8 Å². The summed E-state index contributed by atoms with van der Waals surface area (Å²) in [5.41, 5.74) is 8.67. The molecule has 3 aliphatic rings. The van der Waals surface area contributed by atoms with Crippen LogP contribution in [0.5, 0.6) is 0 Å². The van der Waals surface area contributed by atoms with Crippen LogP contribution in [-0.2, 0) is 19.7 Å². The van der Waals surface area contributed by atoms with E-state index in [9.17, 15) is 4.39 Å². The van der Waals surface area contributed by atoms with Crippen molar-refractivity contribution in [1.82, 2.24) is 19.5 Å². The summed E-state index contributed by atoms with van der Waals surface area (Å²) in [6.07, 6.45) is 6.21. The molecule has 182 valence electrons. The van der Waals surface area contributed by atoms with E-state index >= 15 is 0 Å². The molecular formula is C26H28FN5O3. The van der Waals surface area contributed by atoms with Gasteiger partial charge in [0.15, 0.2) is 17.7 Å². The van der Waals surface area contributed by atoms with Gasteiger partial charge in [0.05, 0.1) is 23.1 Å². The van der Waals surface area contributed by atoms with Crippen LogP contribution in [0, 0.1) is 17.7 Å². The maximum absolute atomic E-state index is 14.1. The van der Waals surface area contributed by atoms with Gasteiger partial charge in [0, 0.05) is 0 Å². The summed E-state index contributed by atoms with van der Waals surface area (Å²) in [6.45, 7) is 3.72. The lowest BCUT2D eigenvalue weighted by molar-refractivity contribution is -0.190. The number of nitrogens with zero attached hydrogens (tertiary/aromatic N) is 4. The smallest absolute Gasteiger partial charge is 0.167 e. The Morgan fingerprint density at radius 1 is 1.06 bits per heavy atom. The van der Waals surface area contributed by atoms with Crippen molar-refractivity contribution in [3.05, 3.63) is 54.0 Å². The van der Waals surface area contributed by atoms with Crippen molar-refractivity contribution in [2.45, 2.75) is 81.8 Å². The van der Waals surface area contributed by atoms with Crippen molar-refractivity contribution in [1.29, 1.82) is 0 Å². The van der Waals surface area contributed by atoms with E-state index in [1.165, 1.54) is 18.8 Å². The number of halogens is 1. The molecule has 0 bridgehead atoms. The van der Waals surface area contributed by atoms with Gasteiger partial charge in [-0.3, -0.25) is 4.57 Å². The molecule has 3 aromatic rings. The van der Waals surface area contributed by atoms with Crippen LogP contribution >= 0.6 is 0 Å². The molecule has 2 N–H and O–H groups in total. The molecule has 1 aliphatic carbocycles. The summed E-state index contributed by atoms with van der Waals surface area (Å²) in [6, 6.07) is 6.40. The molecule has 4 heterocycles. The van der Waals surface area contributed by atoms with E-state index in [0.29, 0.717) is 16.7 Å². The van der Waals surface area contributed by atoms with Crippen LogP contribution in [-0.4, -0.2) is 43.6 Å². The molecule has 2 aliphatic heterocycles. The minimum atomic E-state index is -0.810. The van der Waals surface area contributed by atoms with E-state index in [0.717, 1.165) is 31.4 Å². The third-order valence-corrected chi connectivity index (χ3v) is 7.10. The fraction of sp³-hybridized carbons (Fsp3) is 0.500.